The van der Waals surface area contributed by atoms with Gasteiger partial charge in [0.1, 0.15) is 0 Å². The van der Waals surface area contributed by atoms with Gasteiger partial charge in [-0.05, 0) is 35.8 Å². The first-order valence-electron chi connectivity index (χ1n) is 4.31. The van der Waals surface area contributed by atoms with Crippen LogP contribution in [0.25, 0.3) is 6.08 Å². The van der Waals surface area contributed by atoms with Crippen LogP contribution in [-0.2, 0) is 11.4 Å². The van der Waals surface area contributed by atoms with Gasteiger partial charge in [-0.2, -0.15) is 0 Å². The van der Waals surface area contributed by atoms with Crippen molar-refractivity contribution in [3.63, 3.8) is 0 Å². The first kappa shape index (κ1) is 10.5. The Morgan fingerprint density at radius 1 is 1.57 bits per heavy atom. The number of benzene rings is 1. The van der Waals surface area contributed by atoms with Gasteiger partial charge in [-0.15, -0.1) is 0 Å². The van der Waals surface area contributed by atoms with E-state index >= 15 is 0 Å². The molecule has 1 aromatic rings. The number of rotatable bonds is 3. The quantitative estimate of drug-likeness (QED) is 0.700. The van der Waals surface area contributed by atoms with Crippen molar-refractivity contribution in [3.8, 4) is 0 Å². The zero-order valence-electron chi connectivity index (χ0n) is 8.03. The first-order valence-corrected chi connectivity index (χ1v) is 4.31. The molecule has 3 N–H and O–H groups in total. The molecule has 14 heavy (non-hydrogen) atoms. The molecule has 0 aromatic heterocycles. The number of carbonyl (C=O) groups excluding carboxylic acids is 1. The molecular weight excluding hydrogens is 178 g/mol. The second-order valence-corrected chi connectivity index (χ2v) is 3.08. The van der Waals surface area contributed by atoms with E-state index < -0.39 is 5.91 Å². The van der Waals surface area contributed by atoms with Crippen molar-refractivity contribution in [3.05, 3.63) is 41.0 Å². The van der Waals surface area contributed by atoms with Crippen LogP contribution in [0.15, 0.2) is 24.3 Å². The summed E-state index contributed by atoms with van der Waals surface area (Å²) in [4.78, 5) is 10.5. The normalized spacial score (nSPS) is 10.7. The monoisotopic (exact) mass is 191 g/mol. The fourth-order valence-electron chi connectivity index (χ4n) is 1.14. The minimum Gasteiger partial charge on any atom is -0.392 e. The summed E-state index contributed by atoms with van der Waals surface area (Å²) in [5, 5.41) is 8.91. The van der Waals surface area contributed by atoms with Crippen LogP contribution in [0.4, 0.5) is 0 Å². The molecule has 0 aliphatic rings. The molecule has 0 saturated carbocycles. The molecule has 3 nitrogen and oxygen atoms in total. The van der Waals surface area contributed by atoms with Crippen LogP contribution in [0.3, 0.4) is 0 Å². The second kappa shape index (κ2) is 4.58. The topological polar surface area (TPSA) is 63.3 Å². The number of amides is 1. The van der Waals surface area contributed by atoms with E-state index in [1.165, 1.54) is 6.08 Å². The van der Waals surface area contributed by atoms with Gasteiger partial charge in [0, 0.05) is 6.08 Å². The van der Waals surface area contributed by atoms with E-state index in [1.807, 2.05) is 25.1 Å². The predicted octanol–water partition coefficient (Wildman–Crippen LogP) is 0.986. The Balaban J connectivity index is 3.00. The highest BCUT2D eigenvalue weighted by atomic mass is 16.3. The van der Waals surface area contributed by atoms with E-state index in [4.69, 9.17) is 10.8 Å². The van der Waals surface area contributed by atoms with E-state index in [2.05, 4.69) is 0 Å². The van der Waals surface area contributed by atoms with Crippen molar-refractivity contribution < 1.29 is 9.90 Å². The number of aryl methyl sites for hydroxylation is 1. The van der Waals surface area contributed by atoms with Gasteiger partial charge in [0.25, 0.3) is 0 Å². The van der Waals surface area contributed by atoms with Gasteiger partial charge in [0.15, 0.2) is 0 Å². The Labute approximate surface area is 82.9 Å². The molecule has 74 valence electrons. The summed E-state index contributed by atoms with van der Waals surface area (Å²) in [5.74, 6) is -0.473. The van der Waals surface area contributed by atoms with Gasteiger partial charge in [0.05, 0.1) is 6.61 Å². The van der Waals surface area contributed by atoms with Crippen molar-refractivity contribution in [2.75, 3.05) is 0 Å². The largest absolute Gasteiger partial charge is 0.392 e. The van der Waals surface area contributed by atoms with Crippen LogP contribution in [-0.4, -0.2) is 11.0 Å². The minimum atomic E-state index is -0.473. The third kappa shape index (κ3) is 2.71. The lowest BCUT2D eigenvalue weighted by atomic mass is 10.0. The number of hydrogen-bond donors (Lipinski definition) is 2. The van der Waals surface area contributed by atoms with Gasteiger partial charge in [-0.25, -0.2) is 0 Å². The number of primary amides is 1. The minimum absolute atomic E-state index is 0.00229. The smallest absolute Gasteiger partial charge is 0.241 e. The predicted molar refractivity (Wildman–Crippen MR) is 55.3 cm³/mol. The Morgan fingerprint density at radius 2 is 2.29 bits per heavy atom. The number of hydrogen-bond acceptors (Lipinski definition) is 2. The van der Waals surface area contributed by atoms with E-state index in [9.17, 15) is 4.79 Å². The van der Waals surface area contributed by atoms with Crippen LogP contribution in [0, 0.1) is 6.92 Å². The number of aliphatic hydroxyl groups is 1. The van der Waals surface area contributed by atoms with Crippen LogP contribution < -0.4 is 5.73 Å². The number of carbonyl (C=O) groups is 1. The van der Waals surface area contributed by atoms with Gasteiger partial charge < -0.3 is 10.8 Å². The Kier molecular flexibility index (Phi) is 3.42. The van der Waals surface area contributed by atoms with Crippen LogP contribution in [0.5, 0.6) is 0 Å². The Hall–Kier alpha value is -1.61. The summed E-state index contributed by atoms with van der Waals surface area (Å²) in [5.41, 5.74) is 7.74. The van der Waals surface area contributed by atoms with Crippen LogP contribution >= 0.6 is 0 Å². The van der Waals surface area contributed by atoms with Crippen molar-refractivity contribution in [1.29, 1.82) is 0 Å². The lowest BCUT2D eigenvalue weighted by Crippen LogP contribution is -2.05. The molecule has 0 unspecified atom stereocenters. The summed E-state index contributed by atoms with van der Waals surface area (Å²) in [6.07, 6.45) is 2.96. The molecule has 0 saturated heterocycles. The maximum absolute atomic E-state index is 10.5. The molecule has 0 bridgehead atoms. The number of nitrogens with two attached hydrogens (primary N) is 1. The first-order chi connectivity index (χ1) is 6.63. The van der Waals surface area contributed by atoms with E-state index in [0.29, 0.717) is 0 Å². The molecule has 1 amide bonds. The van der Waals surface area contributed by atoms with Gasteiger partial charge in [-0.3, -0.25) is 4.79 Å². The molecule has 0 aliphatic heterocycles. The summed E-state index contributed by atoms with van der Waals surface area (Å²) >= 11 is 0. The molecule has 3 heteroatoms. The average Bonchev–Trinajstić information content (AvgIpc) is 2.16. The standard InChI is InChI=1S/C11H13NO2/c1-8-2-3-9(7-13)6-10(8)4-5-11(12)14/h2-6,13H,7H2,1H3,(H2,12,14). The van der Waals surface area contributed by atoms with Crippen LogP contribution in [0.1, 0.15) is 16.7 Å². The maximum atomic E-state index is 10.5. The van der Waals surface area contributed by atoms with Gasteiger partial charge in [0.2, 0.25) is 5.91 Å². The zero-order chi connectivity index (χ0) is 10.6. The molecule has 0 fully saturated rings. The molecule has 0 spiro atoms. The summed E-state index contributed by atoms with van der Waals surface area (Å²) in [6.45, 7) is 1.93. The highest BCUT2D eigenvalue weighted by Crippen LogP contribution is 2.12. The summed E-state index contributed by atoms with van der Waals surface area (Å²) in [7, 11) is 0. The summed E-state index contributed by atoms with van der Waals surface area (Å²) in [6, 6.07) is 5.57. The second-order valence-electron chi connectivity index (χ2n) is 3.08. The third-order valence-electron chi connectivity index (χ3n) is 1.95. The van der Waals surface area contributed by atoms with E-state index in [0.717, 1.165) is 16.7 Å². The number of aliphatic hydroxyl groups excluding tert-OH is 1. The highest BCUT2D eigenvalue weighted by Gasteiger charge is 1.96. The van der Waals surface area contributed by atoms with Gasteiger partial charge in [-0.1, -0.05) is 12.1 Å². The highest BCUT2D eigenvalue weighted by molar-refractivity contribution is 5.90. The van der Waals surface area contributed by atoms with Crippen molar-refractivity contribution in [2.45, 2.75) is 13.5 Å². The molecule has 0 atom stereocenters. The van der Waals surface area contributed by atoms with E-state index in [1.54, 1.807) is 6.08 Å². The van der Waals surface area contributed by atoms with Gasteiger partial charge >= 0.3 is 0 Å². The SMILES string of the molecule is Cc1ccc(CO)cc1C=CC(N)=O. The maximum Gasteiger partial charge on any atom is 0.241 e. The van der Waals surface area contributed by atoms with Crippen molar-refractivity contribution in [1.82, 2.24) is 0 Å². The molecule has 1 rings (SSSR count). The average molecular weight is 191 g/mol. The van der Waals surface area contributed by atoms with Crippen molar-refractivity contribution in [2.24, 2.45) is 5.73 Å². The lowest BCUT2D eigenvalue weighted by molar-refractivity contribution is -0.113. The van der Waals surface area contributed by atoms with E-state index in [-0.39, 0.29) is 6.61 Å². The molecule has 1 aromatic carbocycles. The molecule has 0 heterocycles. The summed E-state index contributed by atoms with van der Waals surface area (Å²) < 4.78 is 0. The van der Waals surface area contributed by atoms with Crippen molar-refractivity contribution >= 4 is 12.0 Å². The third-order valence-corrected chi connectivity index (χ3v) is 1.95. The van der Waals surface area contributed by atoms with Crippen LogP contribution in [0.2, 0.25) is 0 Å². The fourth-order valence-corrected chi connectivity index (χ4v) is 1.14. The lowest BCUT2D eigenvalue weighted by Gasteiger charge is -2.02. The zero-order valence-corrected chi connectivity index (χ0v) is 8.03. The molecular formula is C11H13NO2. The Bertz CT molecular complexity index is 370. The molecule has 0 radical (unpaired) electrons. The fraction of sp³-hybridized carbons (Fsp3) is 0.182. The molecule has 0 aliphatic carbocycles. The Morgan fingerprint density at radius 3 is 2.86 bits per heavy atom.